The summed E-state index contributed by atoms with van der Waals surface area (Å²) in [5.74, 6) is 3.39. The molecule has 0 saturated heterocycles. The molecule has 68 valence electrons. The van der Waals surface area contributed by atoms with Crippen LogP contribution in [0.15, 0.2) is 22.8 Å². The summed E-state index contributed by atoms with van der Waals surface area (Å²) < 4.78 is 5.17. The van der Waals surface area contributed by atoms with Gasteiger partial charge in [0.25, 0.3) is 0 Å². The van der Waals surface area contributed by atoms with E-state index in [1.165, 1.54) is 11.5 Å². The molecular weight excluding hydrogens is 170 g/mol. The van der Waals surface area contributed by atoms with E-state index >= 15 is 0 Å². The summed E-state index contributed by atoms with van der Waals surface area (Å²) in [6.07, 6.45) is 1.71. The maximum Gasteiger partial charge on any atom is 0.117 e. The van der Waals surface area contributed by atoms with Crippen LogP contribution < -0.4 is 5.32 Å². The summed E-state index contributed by atoms with van der Waals surface area (Å²) in [5.41, 5.74) is 0. The smallest absolute Gasteiger partial charge is 0.117 e. The molecule has 0 aromatic carbocycles. The Morgan fingerprint density at radius 3 is 3.17 bits per heavy atom. The van der Waals surface area contributed by atoms with Gasteiger partial charge in [0.15, 0.2) is 0 Å². The van der Waals surface area contributed by atoms with E-state index in [2.05, 4.69) is 12.2 Å². The van der Waals surface area contributed by atoms with E-state index in [4.69, 9.17) is 4.42 Å². The van der Waals surface area contributed by atoms with Gasteiger partial charge in [-0.25, -0.2) is 0 Å². The highest BCUT2D eigenvalue weighted by molar-refractivity contribution is 7.99. The lowest BCUT2D eigenvalue weighted by atomic mass is 10.4. The van der Waals surface area contributed by atoms with Gasteiger partial charge in [0.2, 0.25) is 0 Å². The third kappa shape index (κ3) is 3.83. The highest BCUT2D eigenvalue weighted by atomic mass is 32.2. The molecule has 0 amide bonds. The summed E-state index contributed by atoms with van der Waals surface area (Å²) in [6, 6.07) is 3.90. The fourth-order valence-corrected chi connectivity index (χ4v) is 1.49. The average Bonchev–Trinajstić information content (AvgIpc) is 2.57. The van der Waals surface area contributed by atoms with E-state index in [1.807, 2.05) is 23.9 Å². The zero-order valence-corrected chi connectivity index (χ0v) is 8.19. The first-order valence-electron chi connectivity index (χ1n) is 4.24. The molecule has 12 heavy (non-hydrogen) atoms. The quantitative estimate of drug-likeness (QED) is 0.687. The van der Waals surface area contributed by atoms with Gasteiger partial charge in [-0.15, -0.1) is 0 Å². The fourth-order valence-electron chi connectivity index (χ4n) is 0.913. The van der Waals surface area contributed by atoms with E-state index in [9.17, 15) is 0 Å². The number of furan rings is 1. The van der Waals surface area contributed by atoms with E-state index in [0.717, 1.165) is 18.8 Å². The lowest BCUT2D eigenvalue weighted by Crippen LogP contribution is -2.16. The lowest BCUT2D eigenvalue weighted by molar-refractivity contribution is 0.488. The molecule has 1 aromatic rings. The Labute approximate surface area is 77.7 Å². The normalized spacial score (nSPS) is 10.4. The third-order valence-electron chi connectivity index (χ3n) is 1.51. The molecule has 0 spiro atoms. The van der Waals surface area contributed by atoms with Gasteiger partial charge in [-0.05, 0) is 17.9 Å². The van der Waals surface area contributed by atoms with Crippen LogP contribution in [0, 0.1) is 0 Å². The maximum absolute atomic E-state index is 5.17. The Morgan fingerprint density at radius 1 is 1.58 bits per heavy atom. The minimum atomic E-state index is 0.845. The molecular formula is C9H15NOS. The van der Waals surface area contributed by atoms with Crippen LogP contribution in [-0.4, -0.2) is 18.1 Å². The van der Waals surface area contributed by atoms with E-state index < -0.39 is 0 Å². The summed E-state index contributed by atoms with van der Waals surface area (Å²) >= 11 is 1.95. The molecule has 0 unspecified atom stereocenters. The van der Waals surface area contributed by atoms with Gasteiger partial charge >= 0.3 is 0 Å². The van der Waals surface area contributed by atoms with Gasteiger partial charge in [0.1, 0.15) is 5.76 Å². The number of hydrogen-bond donors (Lipinski definition) is 1. The molecule has 0 bridgehead atoms. The zero-order valence-electron chi connectivity index (χ0n) is 7.38. The third-order valence-corrected chi connectivity index (χ3v) is 2.41. The van der Waals surface area contributed by atoms with Crippen LogP contribution >= 0.6 is 11.8 Å². The van der Waals surface area contributed by atoms with Crippen molar-refractivity contribution in [3.63, 3.8) is 0 Å². The van der Waals surface area contributed by atoms with Gasteiger partial charge in [0, 0.05) is 12.3 Å². The number of hydrogen-bond acceptors (Lipinski definition) is 3. The van der Waals surface area contributed by atoms with E-state index in [0.29, 0.717) is 0 Å². The number of thioether (sulfide) groups is 1. The topological polar surface area (TPSA) is 25.2 Å². The molecule has 0 saturated carbocycles. The Kier molecular flexibility index (Phi) is 4.95. The van der Waals surface area contributed by atoms with Crippen molar-refractivity contribution in [3.8, 4) is 0 Å². The Bertz CT molecular complexity index is 186. The Balaban J connectivity index is 1.96. The second-order valence-electron chi connectivity index (χ2n) is 2.45. The molecule has 0 atom stereocenters. The molecule has 0 fully saturated rings. The second kappa shape index (κ2) is 6.14. The Morgan fingerprint density at radius 2 is 2.50 bits per heavy atom. The van der Waals surface area contributed by atoms with Crippen molar-refractivity contribution in [1.29, 1.82) is 0 Å². The van der Waals surface area contributed by atoms with Gasteiger partial charge in [-0.2, -0.15) is 11.8 Å². The molecule has 0 radical (unpaired) electrons. The first-order valence-corrected chi connectivity index (χ1v) is 5.39. The fraction of sp³-hybridized carbons (Fsp3) is 0.556. The predicted molar refractivity (Wildman–Crippen MR) is 53.4 cm³/mol. The highest BCUT2D eigenvalue weighted by Crippen LogP contribution is 1.99. The van der Waals surface area contributed by atoms with Crippen LogP contribution in [0.3, 0.4) is 0 Å². The number of nitrogens with one attached hydrogen (secondary N) is 1. The molecule has 0 aliphatic heterocycles. The van der Waals surface area contributed by atoms with Gasteiger partial charge in [0.05, 0.1) is 12.8 Å². The van der Waals surface area contributed by atoms with Crippen molar-refractivity contribution in [2.75, 3.05) is 18.1 Å². The van der Waals surface area contributed by atoms with Gasteiger partial charge in [-0.3, -0.25) is 0 Å². The van der Waals surface area contributed by atoms with Crippen molar-refractivity contribution >= 4 is 11.8 Å². The number of rotatable bonds is 6. The largest absolute Gasteiger partial charge is 0.468 e. The monoisotopic (exact) mass is 185 g/mol. The van der Waals surface area contributed by atoms with Gasteiger partial charge in [-0.1, -0.05) is 6.92 Å². The SMILES string of the molecule is CCSCCNCc1ccco1. The maximum atomic E-state index is 5.17. The van der Waals surface area contributed by atoms with Crippen LogP contribution in [0.4, 0.5) is 0 Å². The van der Waals surface area contributed by atoms with E-state index in [-0.39, 0.29) is 0 Å². The molecule has 1 N–H and O–H groups in total. The minimum absolute atomic E-state index is 0.845. The van der Waals surface area contributed by atoms with Crippen molar-refractivity contribution in [1.82, 2.24) is 5.32 Å². The minimum Gasteiger partial charge on any atom is -0.468 e. The molecule has 0 aliphatic carbocycles. The summed E-state index contributed by atoms with van der Waals surface area (Å²) in [6.45, 7) is 4.08. The van der Waals surface area contributed by atoms with Crippen LogP contribution in [-0.2, 0) is 6.54 Å². The van der Waals surface area contributed by atoms with Crippen LogP contribution in [0.1, 0.15) is 12.7 Å². The first-order chi connectivity index (χ1) is 5.93. The van der Waals surface area contributed by atoms with Crippen LogP contribution in [0.25, 0.3) is 0 Å². The molecule has 1 heterocycles. The van der Waals surface area contributed by atoms with Crippen LogP contribution in [0.2, 0.25) is 0 Å². The predicted octanol–water partition coefficient (Wildman–Crippen LogP) is 2.12. The standard InChI is InChI=1S/C9H15NOS/c1-2-12-7-5-10-8-9-4-3-6-11-9/h3-4,6,10H,2,5,7-8H2,1H3. The van der Waals surface area contributed by atoms with Crippen molar-refractivity contribution in [2.45, 2.75) is 13.5 Å². The zero-order chi connectivity index (χ0) is 8.65. The van der Waals surface area contributed by atoms with Crippen molar-refractivity contribution < 1.29 is 4.42 Å². The lowest BCUT2D eigenvalue weighted by Gasteiger charge is -2.00. The van der Waals surface area contributed by atoms with Crippen molar-refractivity contribution in [3.05, 3.63) is 24.2 Å². The van der Waals surface area contributed by atoms with Crippen molar-refractivity contribution in [2.24, 2.45) is 0 Å². The highest BCUT2D eigenvalue weighted by Gasteiger charge is 1.92. The molecule has 1 aromatic heterocycles. The summed E-state index contributed by atoms with van der Waals surface area (Å²) in [4.78, 5) is 0. The summed E-state index contributed by atoms with van der Waals surface area (Å²) in [5, 5.41) is 3.31. The molecule has 1 rings (SSSR count). The Hall–Kier alpha value is -0.410. The van der Waals surface area contributed by atoms with Gasteiger partial charge < -0.3 is 9.73 Å². The molecule has 0 aliphatic rings. The average molecular weight is 185 g/mol. The molecule has 3 heteroatoms. The van der Waals surface area contributed by atoms with Crippen LogP contribution in [0.5, 0.6) is 0 Å². The van der Waals surface area contributed by atoms with E-state index in [1.54, 1.807) is 6.26 Å². The second-order valence-corrected chi connectivity index (χ2v) is 3.85. The summed E-state index contributed by atoms with van der Waals surface area (Å²) in [7, 11) is 0. The molecule has 2 nitrogen and oxygen atoms in total. The first kappa shape index (κ1) is 9.68.